The van der Waals surface area contributed by atoms with E-state index in [-0.39, 0.29) is 35.8 Å². The van der Waals surface area contributed by atoms with Crippen molar-refractivity contribution in [3.8, 4) is 11.5 Å². The molecule has 0 radical (unpaired) electrons. The van der Waals surface area contributed by atoms with Crippen LogP contribution in [0.25, 0.3) is 0 Å². The molecule has 0 spiro atoms. The van der Waals surface area contributed by atoms with Crippen LogP contribution >= 0.6 is 0 Å². The lowest BCUT2D eigenvalue weighted by Gasteiger charge is -2.32. The van der Waals surface area contributed by atoms with Crippen molar-refractivity contribution in [3.05, 3.63) is 59.2 Å². The number of phenols is 1. The smallest absolute Gasteiger partial charge is 0.260 e. The van der Waals surface area contributed by atoms with Crippen molar-refractivity contribution in [2.45, 2.75) is 32.7 Å². The standard InChI is InChI=1S/C22H26N2O4/c1-15-6-5-9-20(16(15)2)28-14-21(26)24-12-10-17(11-13-24)23-22(27)18-7-3-4-8-19(18)25/h3-9,17,25H,10-14H2,1-2H3,(H,23,27). The highest BCUT2D eigenvalue weighted by molar-refractivity contribution is 5.96. The molecular weight excluding hydrogens is 356 g/mol. The number of nitrogens with one attached hydrogen (secondary N) is 1. The van der Waals surface area contributed by atoms with E-state index in [0.29, 0.717) is 25.9 Å². The summed E-state index contributed by atoms with van der Waals surface area (Å²) in [5.41, 5.74) is 2.44. The molecule has 1 saturated heterocycles. The van der Waals surface area contributed by atoms with Gasteiger partial charge >= 0.3 is 0 Å². The molecule has 2 aromatic carbocycles. The molecule has 0 saturated carbocycles. The molecule has 0 atom stereocenters. The van der Waals surface area contributed by atoms with E-state index in [4.69, 9.17) is 4.74 Å². The van der Waals surface area contributed by atoms with Gasteiger partial charge in [0.05, 0.1) is 5.56 Å². The van der Waals surface area contributed by atoms with Crippen LogP contribution in [0.1, 0.15) is 34.3 Å². The molecular formula is C22H26N2O4. The maximum atomic E-state index is 12.4. The van der Waals surface area contributed by atoms with Crippen molar-refractivity contribution in [3.63, 3.8) is 0 Å². The summed E-state index contributed by atoms with van der Waals surface area (Å²) in [5, 5.41) is 12.7. The van der Waals surface area contributed by atoms with Crippen LogP contribution in [0.2, 0.25) is 0 Å². The van der Waals surface area contributed by atoms with Gasteiger partial charge in [0, 0.05) is 19.1 Å². The number of piperidine rings is 1. The Bertz CT molecular complexity index is 857. The number of hydrogen-bond acceptors (Lipinski definition) is 4. The number of aromatic hydroxyl groups is 1. The van der Waals surface area contributed by atoms with E-state index in [1.165, 1.54) is 6.07 Å². The fraction of sp³-hybridized carbons (Fsp3) is 0.364. The van der Waals surface area contributed by atoms with E-state index < -0.39 is 0 Å². The first-order valence-electron chi connectivity index (χ1n) is 9.51. The fourth-order valence-electron chi connectivity index (χ4n) is 3.31. The zero-order valence-electron chi connectivity index (χ0n) is 16.3. The first kappa shape index (κ1) is 19.7. The van der Waals surface area contributed by atoms with Gasteiger partial charge in [0.25, 0.3) is 11.8 Å². The predicted octanol–water partition coefficient (Wildman–Crippen LogP) is 2.81. The van der Waals surface area contributed by atoms with Gasteiger partial charge in [-0.25, -0.2) is 0 Å². The number of nitrogens with zero attached hydrogens (tertiary/aromatic N) is 1. The van der Waals surface area contributed by atoms with Crippen molar-refractivity contribution in [1.29, 1.82) is 0 Å². The van der Waals surface area contributed by atoms with Crippen LogP contribution in [0.4, 0.5) is 0 Å². The van der Waals surface area contributed by atoms with Gasteiger partial charge in [-0.1, -0.05) is 24.3 Å². The minimum atomic E-state index is -0.291. The molecule has 3 rings (SSSR count). The van der Waals surface area contributed by atoms with Crippen LogP contribution in [0, 0.1) is 13.8 Å². The monoisotopic (exact) mass is 382 g/mol. The number of ether oxygens (including phenoxy) is 1. The molecule has 1 heterocycles. The Morgan fingerprint density at radius 3 is 2.54 bits per heavy atom. The van der Waals surface area contributed by atoms with Gasteiger partial charge in [-0.2, -0.15) is 0 Å². The summed E-state index contributed by atoms with van der Waals surface area (Å²) < 4.78 is 5.71. The number of hydrogen-bond donors (Lipinski definition) is 2. The van der Waals surface area contributed by atoms with Crippen molar-refractivity contribution in [2.24, 2.45) is 0 Å². The molecule has 0 aromatic heterocycles. The summed E-state index contributed by atoms with van der Waals surface area (Å²) in [6.07, 6.45) is 1.35. The van der Waals surface area contributed by atoms with Gasteiger partial charge in [-0.15, -0.1) is 0 Å². The maximum absolute atomic E-state index is 12.4. The highest BCUT2D eigenvalue weighted by Crippen LogP contribution is 2.21. The van der Waals surface area contributed by atoms with Crippen LogP contribution in [0.15, 0.2) is 42.5 Å². The Hall–Kier alpha value is -3.02. The SMILES string of the molecule is Cc1cccc(OCC(=O)N2CCC(NC(=O)c3ccccc3O)CC2)c1C. The Kier molecular flexibility index (Phi) is 6.19. The van der Waals surface area contributed by atoms with Gasteiger partial charge < -0.3 is 20.1 Å². The molecule has 148 valence electrons. The Balaban J connectivity index is 1.47. The second kappa shape index (κ2) is 8.78. The van der Waals surface area contributed by atoms with E-state index in [2.05, 4.69) is 5.32 Å². The number of carbonyl (C=O) groups excluding carboxylic acids is 2. The van der Waals surface area contributed by atoms with Crippen LogP contribution in [-0.2, 0) is 4.79 Å². The molecule has 2 aromatic rings. The fourth-order valence-corrected chi connectivity index (χ4v) is 3.31. The van der Waals surface area contributed by atoms with E-state index in [1.807, 2.05) is 32.0 Å². The number of carbonyl (C=O) groups is 2. The molecule has 28 heavy (non-hydrogen) atoms. The average molecular weight is 382 g/mol. The lowest BCUT2D eigenvalue weighted by Crippen LogP contribution is -2.47. The molecule has 0 bridgehead atoms. The number of likely N-dealkylation sites (tertiary alicyclic amines) is 1. The molecule has 0 unspecified atom stereocenters. The molecule has 0 aliphatic carbocycles. The summed E-state index contributed by atoms with van der Waals surface area (Å²) in [4.78, 5) is 26.5. The topological polar surface area (TPSA) is 78.9 Å². The average Bonchev–Trinajstić information content (AvgIpc) is 2.69. The number of phenolic OH excluding ortho intramolecular Hbond substituents is 1. The minimum absolute atomic E-state index is 0.0131. The van der Waals surface area contributed by atoms with E-state index in [9.17, 15) is 14.7 Å². The van der Waals surface area contributed by atoms with Gasteiger partial charge in [0.2, 0.25) is 0 Å². The number of aryl methyl sites for hydroxylation is 1. The van der Waals surface area contributed by atoms with Crippen molar-refractivity contribution >= 4 is 11.8 Å². The molecule has 1 aliphatic heterocycles. The third kappa shape index (κ3) is 4.63. The number of benzene rings is 2. The Labute approximate surface area is 165 Å². The molecule has 6 heteroatoms. The summed E-state index contributed by atoms with van der Waals surface area (Å²) in [6.45, 7) is 5.15. The zero-order valence-corrected chi connectivity index (χ0v) is 16.3. The van der Waals surface area contributed by atoms with Crippen molar-refractivity contribution in [1.82, 2.24) is 10.2 Å². The Morgan fingerprint density at radius 2 is 1.82 bits per heavy atom. The Morgan fingerprint density at radius 1 is 1.11 bits per heavy atom. The molecule has 2 amide bonds. The molecule has 1 fully saturated rings. The predicted molar refractivity (Wildman–Crippen MR) is 107 cm³/mol. The summed E-state index contributed by atoms with van der Waals surface area (Å²) >= 11 is 0. The van der Waals surface area contributed by atoms with Gasteiger partial charge in [0.15, 0.2) is 6.61 Å². The second-order valence-corrected chi connectivity index (χ2v) is 7.13. The largest absolute Gasteiger partial charge is 0.507 e. The van der Waals surface area contributed by atoms with Crippen molar-refractivity contribution in [2.75, 3.05) is 19.7 Å². The lowest BCUT2D eigenvalue weighted by atomic mass is 10.0. The van der Waals surface area contributed by atoms with Crippen LogP contribution in [0.5, 0.6) is 11.5 Å². The van der Waals surface area contributed by atoms with Crippen LogP contribution in [-0.4, -0.2) is 47.6 Å². The lowest BCUT2D eigenvalue weighted by molar-refractivity contribution is -0.134. The number of amides is 2. The van der Waals surface area contributed by atoms with E-state index in [0.717, 1.165) is 16.9 Å². The zero-order chi connectivity index (χ0) is 20.1. The molecule has 2 N–H and O–H groups in total. The minimum Gasteiger partial charge on any atom is -0.507 e. The van der Waals surface area contributed by atoms with Crippen LogP contribution in [0.3, 0.4) is 0 Å². The van der Waals surface area contributed by atoms with Crippen molar-refractivity contribution < 1.29 is 19.4 Å². The second-order valence-electron chi connectivity index (χ2n) is 7.13. The first-order chi connectivity index (χ1) is 13.5. The van der Waals surface area contributed by atoms with Gasteiger partial charge in [0.1, 0.15) is 11.5 Å². The summed E-state index contributed by atoms with van der Waals surface area (Å²) in [7, 11) is 0. The van der Waals surface area contributed by atoms with E-state index >= 15 is 0 Å². The third-order valence-electron chi connectivity index (χ3n) is 5.24. The maximum Gasteiger partial charge on any atom is 0.260 e. The summed E-state index contributed by atoms with van der Waals surface area (Å²) in [6, 6.07) is 12.3. The number of para-hydroxylation sites is 1. The molecule has 6 nitrogen and oxygen atoms in total. The number of rotatable bonds is 5. The van der Waals surface area contributed by atoms with Gasteiger partial charge in [-0.05, 0) is 56.0 Å². The highest BCUT2D eigenvalue weighted by Gasteiger charge is 2.25. The van der Waals surface area contributed by atoms with E-state index in [1.54, 1.807) is 23.1 Å². The quantitative estimate of drug-likeness (QED) is 0.834. The normalized spacial score (nSPS) is 14.6. The van der Waals surface area contributed by atoms with Crippen LogP contribution < -0.4 is 10.1 Å². The highest BCUT2D eigenvalue weighted by atomic mass is 16.5. The van der Waals surface area contributed by atoms with Gasteiger partial charge in [-0.3, -0.25) is 9.59 Å². The third-order valence-corrected chi connectivity index (χ3v) is 5.24. The molecule has 1 aliphatic rings. The summed E-state index contributed by atoms with van der Waals surface area (Å²) in [5.74, 6) is 0.363. The first-order valence-corrected chi connectivity index (χ1v) is 9.51.